The Kier molecular flexibility index (Phi) is 2.08. The average molecular weight is 177 g/mol. The van der Waals surface area contributed by atoms with E-state index in [1.807, 2.05) is 18.3 Å². The third-order valence-corrected chi connectivity index (χ3v) is 2.66. The predicted octanol–water partition coefficient (Wildman–Crippen LogP) is 1.65. The van der Waals surface area contributed by atoms with Crippen molar-refractivity contribution in [2.75, 3.05) is 17.2 Å². The molecule has 0 aromatic carbocycles. The molecule has 1 aromatic rings. The van der Waals surface area contributed by atoms with Gasteiger partial charge in [-0.1, -0.05) is 0 Å². The first-order valence-corrected chi connectivity index (χ1v) is 4.75. The van der Waals surface area contributed by atoms with Crippen molar-refractivity contribution in [1.29, 1.82) is 0 Å². The van der Waals surface area contributed by atoms with Gasteiger partial charge < -0.3 is 10.6 Å². The normalized spacial score (nSPS) is 22.2. The van der Waals surface area contributed by atoms with Crippen molar-refractivity contribution in [3.05, 3.63) is 18.3 Å². The van der Waals surface area contributed by atoms with E-state index in [1.165, 1.54) is 18.5 Å². The average Bonchev–Trinajstić information content (AvgIpc) is 2.53. The van der Waals surface area contributed by atoms with E-state index in [0.29, 0.717) is 11.9 Å². The van der Waals surface area contributed by atoms with Crippen LogP contribution in [0.25, 0.3) is 0 Å². The first kappa shape index (κ1) is 8.35. The third kappa shape index (κ3) is 1.59. The van der Waals surface area contributed by atoms with Crippen LogP contribution in [0.15, 0.2) is 18.3 Å². The van der Waals surface area contributed by atoms with Gasteiger partial charge in [0.15, 0.2) is 0 Å². The van der Waals surface area contributed by atoms with E-state index in [-0.39, 0.29) is 0 Å². The number of nitrogen functional groups attached to an aromatic ring is 1. The molecule has 13 heavy (non-hydrogen) atoms. The van der Waals surface area contributed by atoms with Gasteiger partial charge in [-0.05, 0) is 31.9 Å². The van der Waals surface area contributed by atoms with Crippen molar-refractivity contribution < 1.29 is 0 Å². The summed E-state index contributed by atoms with van der Waals surface area (Å²) in [6, 6.07) is 4.55. The maximum absolute atomic E-state index is 5.53. The summed E-state index contributed by atoms with van der Waals surface area (Å²) in [7, 11) is 0. The molecule has 3 heteroatoms. The quantitative estimate of drug-likeness (QED) is 0.709. The Labute approximate surface area is 78.6 Å². The molecule has 1 saturated heterocycles. The fourth-order valence-corrected chi connectivity index (χ4v) is 1.88. The lowest BCUT2D eigenvalue weighted by Gasteiger charge is -2.23. The molecule has 70 valence electrons. The van der Waals surface area contributed by atoms with Crippen LogP contribution in [0.4, 0.5) is 11.5 Å². The molecule has 1 aliphatic rings. The van der Waals surface area contributed by atoms with Crippen LogP contribution in [-0.4, -0.2) is 17.6 Å². The number of pyridine rings is 1. The second kappa shape index (κ2) is 3.24. The van der Waals surface area contributed by atoms with Gasteiger partial charge in [0.1, 0.15) is 5.82 Å². The number of aromatic nitrogens is 1. The highest BCUT2D eigenvalue weighted by atomic mass is 15.2. The lowest BCUT2D eigenvalue weighted by Crippen LogP contribution is -2.26. The van der Waals surface area contributed by atoms with E-state index in [9.17, 15) is 0 Å². The lowest BCUT2D eigenvalue weighted by atomic mass is 10.2. The molecule has 1 unspecified atom stereocenters. The molecule has 1 aromatic heterocycles. The minimum absolute atomic E-state index is 0.593. The van der Waals surface area contributed by atoms with E-state index < -0.39 is 0 Å². The van der Waals surface area contributed by atoms with Crippen molar-refractivity contribution in [3.63, 3.8) is 0 Å². The Morgan fingerprint density at radius 2 is 2.38 bits per heavy atom. The predicted molar refractivity (Wildman–Crippen MR) is 54.7 cm³/mol. The van der Waals surface area contributed by atoms with Gasteiger partial charge in [0, 0.05) is 12.6 Å². The number of rotatable bonds is 1. The second-order valence-corrected chi connectivity index (χ2v) is 3.63. The third-order valence-electron chi connectivity index (χ3n) is 2.66. The maximum atomic E-state index is 5.53. The van der Waals surface area contributed by atoms with Crippen molar-refractivity contribution >= 4 is 11.5 Å². The molecular weight excluding hydrogens is 162 g/mol. The van der Waals surface area contributed by atoms with Crippen LogP contribution in [0.5, 0.6) is 0 Å². The smallest absolute Gasteiger partial charge is 0.123 e. The minimum atomic E-state index is 0.593. The molecule has 2 heterocycles. The molecule has 2 N–H and O–H groups in total. The lowest BCUT2D eigenvalue weighted by molar-refractivity contribution is 0.734. The van der Waals surface area contributed by atoms with Crippen LogP contribution in [0.1, 0.15) is 19.8 Å². The van der Waals surface area contributed by atoms with Crippen LogP contribution in [-0.2, 0) is 0 Å². The zero-order valence-electron chi connectivity index (χ0n) is 7.90. The van der Waals surface area contributed by atoms with Gasteiger partial charge in [0.05, 0.1) is 11.9 Å². The highest BCUT2D eigenvalue weighted by Gasteiger charge is 2.20. The number of nitrogens with zero attached hydrogens (tertiary/aromatic N) is 2. The van der Waals surface area contributed by atoms with E-state index in [4.69, 9.17) is 5.73 Å². The number of hydrogen-bond donors (Lipinski definition) is 1. The molecule has 0 bridgehead atoms. The summed E-state index contributed by atoms with van der Waals surface area (Å²) in [5.41, 5.74) is 6.72. The molecule has 1 atom stereocenters. The van der Waals surface area contributed by atoms with E-state index in [1.54, 1.807) is 0 Å². The molecule has 0 spiro atoms. The summed E-state index contributed by atoms with van der Waals surface area (Å²) in [6.07, 6.45) is 4.42. The van der Waals surface area contributed by atoms with Crippen LogP contribution in [0.2, 0.25) is 0 Å². The summed E-state index contributed by atoms with van der Waals surface area (Å²) < 4.78 is 0. The molecule has 3 nitrogen and oxygen atoms in total. The van der Waals surface area contributed by atoms with Crippen LogP contribution in [0, 0.1) is 0 Å². The fraction of sp³-hybridized carbons (Fsp3) is 0.500. The standard InChI is InChI=1S/C10H15N3/c1-8-3-2-6-13(8)9-4-5-10(11)12-7-9/h4-5,7-8H,2-3,6H2,1H3,(H2,11,12). The Morgan fingerprint density at radius 1 is 1.54 bits per heavy atom. The van der Waals surface area contributed by atoms with Gasteiger partial charge in [-0.3, -0.25) is 0 Å². The summed E-state index contributed by atoms with van der Waals surface area (Å²) >= 11 is 0. The van der Waals surface area contributed by atoms with Gasteiger partial charge in [0.25, 0.3) is 0 Å². The summed E-state index contributed by atoms with van der Waals surface area (Å²) in [6.45, 7) is 3.40. The van der Waals surface area contributed by atoms with Gasteiger partial charge >= 0.3 is 0 Å². The van der Waals surface area contributed by atoms with E-state index >= 15 is 0 Å². The Bertz CT molecular complexity index is 281. The van der Waals surface area contributed by atoms with Gasteiger partial charge in [-0.2, -0.15) is 0 Å². The monoisotopic (exact) mass is 177 g/mol. The zero-order chi connectivity index (χ0) is 9.26. The van der Waals surface area contributed by atoms with E-state index in [2.05, 4.69) is 16.8 Å². The summed E-state index contributed by atoms with van der Waals surface area (Å²) in [4.78, 5) is 6.48. The maximum Gasteiger partial charge on any atom is 0.123 e. The number of nitrogens with two attached hydrogens (primary N) is 1. The highest BCUT2D eigenvalue weighted by Crippen LogP contribution is 2.24. The number of hydrogen-bond acceptors (Lipinski definition) is 3. The second-order valence-electron chi connectivity index (χ2n) is 3.63. The molecular formula is C10H15N3. The molecule has 2 rings (SSSR count). The van der Waals surface area contributed by atoms with Crippen molar-refractivity contribution in [3.8, 4) is 0 Å². The first-order valence-electron chi connectivity index (χ1n) is 4.75. The number of anilines is 2. The summed E-state index contributed by atoms with van der Waals surface area (Å²) in [5.74, 6) is 0.593. The Morgan fingerprint density at radius 3 is 2.92 bits per heavy atom. The van der Waals surface area contributed by atoms with Gasteiger partial charge in [0.2, 0.25) is 0 Å². The SMILES string of the molecule is CC1CCCN1c1ccc(N)nc1. The zero-order valence-corrected chi connectivity index (χ0v) is 7.90. The van der Waals surface area contributed by atoms with Crippen molar-refractivity contribution in [2.45, 2.75) is 25.8 Å². The first-order chi connectivity index (χ1) is 6.27. The van der Waals surface area contributed by atoms with Crippen molar-refractivity contribution in [1.82, 2.24) is 4.98 Å². The summed E-state index contributed by atoms with van der Waals surface area (Å²) in [5, 5.41) is 0. The van der Waals surface area contributed by atoms with Crippen LogP contribution in [0.3, 0.4) is 0 Å². The van der Waals surface area contributed by atoms with Gasteiger partial charge in [-0.25, -0.2) is 4.98 Å². The minimum Gasteiger partial charge on any atom is -0.384 e. The molecule has 1 aliphatic heterocycles. The highest BCUT2D eigenvalue weighted by molar-refractivity contribution is 5.49. The molecule has 1 fully saturated rings. The topological polar surface area (TPSA) is 42.1 Å². The fourth-order valence-electron chi connectivity index (χ4n) is 1.88. The molecule has 0 aliphatic carbocycles. The molecule has 0 radical (unpaired) electrons. The Hall–Kier alpha value is -1.25. The largest absolute Gasteiger partial charge is 0.384 e. The molecule has 0 saturated carbocycles. The van der Waals surface area contributed by atoms with Crippen LogP contribution < -0.4 is 10.6 Å². The molecule has 0 amide bonds. The van der Waals surface area contributed by atoms with E-state index in [0.717, 1.165) is 6.54 Å². The van der Waals surface area contributed by atoms with Crippen LogP contribution >= 0.6 is 0 Å². The van der Waals surface area contributed by atoms with Gasteiger partial charge in [-0.15, -0.1) is 0 Å². The van der Waals surface area contributed by atoms with Crippen molar-refractivity contribution in [2.24, 2.45) is 0 Å². The Balaban J connectivity index is 2.20.